The SMILES string of the molecule is CN(C)c1cccc(C(=O)NCc2cc(-c3ccc(F)cc3)on2)c1. The highest BCUT2D eigenvalue weighted by Gasteiger charge is 2.10. The van der Waals surface area contributed by atoms with E-state index in [0.29, 0.717) is 17.0 Å². The second kappa shape index (κ2) is 7.17. The van der Waals surface area contributed by atoms with Gasteiger partial charge in [0.1, 0.15) is 11.5 Å². The van der Waals surface area contributed by atoms with E-state index in [1.54, 1.807) is 24.3 Å². The van der Waals surface area contributed by atoms with E-state index in [1.807, 2.05) is 37.2 Å². The Morgan fingerprint density at radius 3 is 2.64 bits per heavy atom. The fourth-order valence-corrected chi connectivity index (χ4v) is 2.34. The molecule has 0 radical (unpaired) electrons. The molecule has 3 aromatic rings. The van der Waals surface area contributed by atoms with Crippen molar-refractivity contribution in [2.75, 3.05) is 19.0 Å². The highest BCUT2D eigenvalue weighted by Crippen LogP contribution is 2.20. The highest BCUT2D eigenvalue weighted by molar-refractivity contribution is 5.95. The number of nitrogens with zero attached hydrogens (tertiary/aromatic N) is 2. The zero-order chi connectivity index (χ0) is 17.8. The van der Waals surface area contributed by atoms with Crippen molar-refractivity contribution in [1.82, 2.24) is 10.5 Å². The zero-order valence-electron chi connectivity index (χ0n) is 14.0. The molecule has 1 aromatic heterocycles. The summed E-state index contributed by atoms with van der Waals surface area (Å²) in [6.45, 7) is 0.246. The lowest BCUT2D eigenvalue weighted by molar-refractivity contribution is 0.0950. The average molecular weight is 339 g/mol. The minimum Gasteiger partial charge on any atom is -0.378 e. The lowest BCUT2D eigenvalue weighted by Gasteiger charge is -2.13. The molecule has 0 aliphatic rings. The van der Waals surface area contributed by atoms with Crippen LogP contribution in [0.5, 0.6) is 0 Å². The summed E-state index contributed by atoms with van der Waals surface area (Å²) in [7, 11) is 3.84. The van der Waals surface area contributed by atoms with Gasteiger partial charge in [0.15, 0.2) is 5.76 Å². The number of anilines is 1. The van der Waals surface area contributed by atoms with Gasteiger partial charge in [-0.25, -0.2) is 4.39 Å². The van der Waals surface area contributed by atoms with Crippen LogP contribution in [0, 0.1) is 5.82 Å². The summed E-state index contributed by atoms with van der Waals surface area (Å²) in [4.78, 5) is 14.2. The summed E-state index contributed by atoms with van der Waals surface area (Å²) in [6.07, 6.45) is 0. The first-order valence-electron chi connectivity index (χ1n) is 7.80. The topological polar surface area (TPSA) is 58.4 Å². The van der Waals surface area contributed by atoms with Gasteiger partial charge in [-0.3, -0.25) is 4.79 Å². The Balaban J connectivity index is 1.65. The third kappa shape index (κ3) is 4.03. The maximum absolute atomic E-state index is 13.0. The van der Waals surface area contributed by atoms with E-state index in [9.17, 15) is 9.18 Å². The molecule has 0 spiro atoms. The smallest absolute Gasteiger partial charge is 0.251 e. The lowest BCUT2D eigenvalue weighted by Crippen LogP contribution is -2.23. The minimum absolute atomic E-state index is 0.185. The molecule has 2 aromatic carbocycles. The minimum atomic E-state index is -0.310. The molecule has 0 fully saturated rings. The Bertz CT molecular complexity index is 872. The van der Waals surface area contributed by atoms with Crippen LogP contribution in [0.25, 0.3) is 11.3 Å². The van der Waals surface area contributed by atoms with Crippen molar-refractivity contribution >= 4 is 11.6 Å². The number of nitrogens with one attached hydrogen (secondary N) is 1. The van der Waals surface area contributed by atoms with Gasteiger partial charge < -0.3 is 14.7 Å². The zero-order valence-corrected chi connectivity index (χ0v) is 14.0. The number of halogens is 1. The van der Waals surface area contributed by atoms with Crippen LogP contribution in [0.15, 0.2) is 59.1 Å². The van der Waals surface area contributed by atoms with Gasteiger partial charge in [-0.2, -0.15) is 0 Å². The highest BCUT2D eigenvalue weighted by atomic mass is 19.1. The molecule has 0 aliphatic carbocycles. The first-order valence-corrected chi connectivity index (χ1v) is 7.80. The van der Waals surface area contributed by atoms with Crippen molar-refractivity contribution in [1.29, 1.82) is 0 Å². The fourth-order valence-electron chi connectivity index (χ4n) is 2.34. The van der Waals surface area contributed by atoms with Crippen LogP contribution in [0.3, 0.4) is 0 Å². The molecule has 1 amide bonds. The molecule has 0 aliphatic heterocycles. The molecule has 0 bridgehead atoms. The van der Waals surface area contributed by atoms with Gasteiger partial charge in [0.25, 0.3) is 5.91 Å². The number of carbonyl (C=O) groups is 1. The van der Waals surface area contributed by atoms with E-state index in [0.717, 1.165) is 11.3 Å². The molecule has 1 N–H and O–H groups in total. The Morgan fingerprint density at radius 2 is 1.92 bits per heavy atom. The molecule has 0 unspecified atom stereocenters. The molecule has 25 heavy (non-hydrogen) atoms. The number of carbonyl (C=O) groups excluding carboxylic acids is 1. The molecule has 128 valence electrons. The second-order valence-electron chi connectivity index (χ2n) is 5.82. The molecular weight excluding hydrogens is 321 g/mol. The quantitative estimate of drug-likeness (QED) is 0.773. The first-order chi connectivity index (χ1) is 12.0. The third-order valence-corrected chi connectivity index (χ3v) is 3.74. The van der Waals surface area contributed by atoms with Crippen LogP contribution in [-0.4, -0.2) is 25.2 Å². The second-order valence-corrected chi connectivity index (χ2v) is 5.82. The van der Waals surface area contributed by atoms with Crippen LogP contribution in [0.4, 0.5) is 10.1 Å². The Labute approximate surface area is 145 Å². The molecule has 6 heteroatoms. The van der Waals surface area contributed by atoms with E-state index in [1.165, 1.54) is 12.1 Å². The van der Waals surface area contributed by atoms with E-state index < -0.39 is 0 Å². The van der Waals surface area contributed by atoms with Crippen LogP contribution in [0.2, 0.25) is 0 Å². The standard InChI is InChI=1S/C19H18FN3O2/c1-23(2)17-5-3-4-14(10-17)19(24)21-12-16-11-18(25-22-16)13-6-8-15(20)9-7-13/h3-11H,12H2,1-2H3,(H,21,24). The Hall–Kier alpha value is -3.15. The van der Waals surface area contributed by atoms with Crippen molar-refractivity contribution < 1.29 is 13.7 Å². The van der Waals surface area contributed by atoms with Gasteiger partial charge >= 0.3 is 0 Å². The summed E-state index contributed by atoms with van der Waals surface area (Å²) in [5, 5.41) is 6.75. The number of aromatic nitrogens is 1. The third-order valence-electron chi connectivity index (χ3n) is 3.74. The molecule has 0 saturated carbocycles. The molecule has 0 saturated heterocycles. The van der Waals surface area contributed by atoms with Gasteiger partial charge in [0.05, 0.1) is 6.54 Å². The summed E-state index contributed by atoms with van der Waals surface area (Å²) in [5.74, 6) is 0.0320. The first kappa shape index (κ1) is 16.7. The van der Waals surface area contributed by atoms with E-state index >= 15 is 0 Å². The summed E-state index contributed by atoms with van der Waals surface area (Å²) < 4.78 is 18.2. The van der Waals surface area contributed by atoms with Crippen LogP contribution in [-0.2, 0) is 6.54 Å². The van der Waals surface area contributed by atoms with Gasteiger partial charge in [-0.1, -0.05) is 11.2 Å². The number of amides is 1. The monoisotopic (exact) mass is 339 g/mol. The van der Waals surface area contributed by atoms with Gasteiger partial charge in [-0.05, 0) is 42.5 Å². The number of hydrogen-bond donors (Lipinski definition) is 1. The van der Waals surface area contributed by atoms with Crippen molar-refractivity contribution in [3.63, 3.8) is 0 Å². The Morgan fingerprint density at radius 1 is 1.16 bits per heavy atom. The largest absolute Gasteiger partial charge is 0.378 e. The maximum Gasteiger partial charge on any atom is 0.251 e. The molecular formula is C19H18FN3O2. The van der Waals surface area contributed by atoms with Crippen LogP contribution >= 0.6 is 0 Å². The fraction of sp³-hybridized carbons (Fsp3) is 0.158. The normalized spacial score (nSPS) is 10.5. The van der Waals surface area contributed by atoms with Gasteiger partial charge in [0, 0.05) is 37.0 Å². The Kier molecular flexibility index (Phi) is 4.79. The molecule has 1 heterocycles. The van der Waals surface area contributed by atoms with Crippen molar-refractivity contribution in [3.8, 4) is 11.3 Å². The van der Waals surface area contributed by atoms with E-state index in [2.05, 4.69) is 10.5 Å². The van der Waals surface area contributed by atoms with Gasteiger partial charge in [0.2, 0.25) is 0 Å². The maximum atomic E-state index is 13.0. The predicted molar refractivity (Wildman–Crippen MR) is 93.8 cm³/mol. The predicted octanol–water partition coefficient (Wildman–Crippen LogP) is 3.48. The summed E-state index contributed by atoms with van der Waals surface area (Å²) in [6, 6.07) is 15.0. The lowest BCUT2D eigenvalue weighted by atomic mass is 10.1. The summed E-state index contributed by atoms with van der Waals surface area (Å²) >= 11 is 0. The van der Waals surface area contributed by atoms with E-state index in [-0.39, 0.29) is 18.3 Å². The van der Waals surface area contributed by atoms with Crippen LogP contribution in [0.1, 0.15) is 16.1 Å². The molecule has 5 nitrogen and oxygen atoms in total. The van der Waals surface area contributed by atoms with Crippen molar-refractivity contribution in [3.05, 3.63) is 71.7 Å². The van der Waals surface area contributed by atoms with Crippen LogP contribution < -0.4 is 10.2 Å². The van der Waals surface area contributed by atoms with Crippen molar-refractivity contribution in [2.45, 2.75) is 6.54 Å². The number of hydrogen-bond acceptors (Lipinski definition) is 4. The molecule has 0 atom stereocenters. The van der Waals surface area contributed by atoms with Crippen molar-refractivity contribution in [2.24, 2.45) is 0 Å². The average Bonchev–Trinajstić information content (AvgIpc) is 3.09. The van der Waals surface area contributed by atoms with E-state index in [4.69, 9.17) is 4.52 Å². The number of benzene rings is 2. The summed E-state index contributed by atoms with van der Waals surface area (Å²) in [5.41, 5.74) is 2.85. The van der Waals surface area contributed by atoms with Gasteiger partial charge in [-0.15, -0.1) is 0 Å². The number of rotatable bonds is 5. The molecule has 3 rings (SSSR count).